The van der Waals surface area contributed by atoms with Gasteiger partial charge in [0.05, 0.1) is 22.2 Å². The number of aryl methyl sites for hydroxylation is 1. The summed E-state index contributed by atoms with van der Waals surface area (Å²) in [4.78, 5) is 0.281. The highest BCUT2D eigenvalue weighted by Crippen LogP contribution is 2.36. The molecular weight excluding hydrogens is 365 g/mol. The van der Waals surface area contributed by atoms with Crippen LogP contribution in [0.2, 0.25) is 0 Å². The zero-order chi connectivity index (χ0) is 20.0. The summed E-state index contributed by atoms with van der Waals surface area (Å²) in [6, 6.07) is 5.32. The van der Waals surface area contributed by atoms with Gasteiger partial charge in [0.2, 0.25) is 10.0 Å². The summed E-state index contributed by atoms with van der Waals surface area (Å²) in [5.74, 6) is 0. The van der Waals surface area contributed by atoms with E-state index in [1.807, 2.05) is 40.7 Å². The van der Waals surface area contributed by atoms with Crippen LogP contribution in [0.3, 0.4) is 0 Å². The van der Waals surface area contributed by atoms with E-state index in [1.54, 1.807) is 19.2 Å². The van der Waals surface area contributed by atoms with Gasteiger partial charge in [-0.05, 0) is 65.1 Å². The maximum atomic E-state index is 13.2. The van der Waals surface area contributed by atoms with E-state index in [-0.39, 0.29) is 11.0 Å². The number of nitrogens with zero attached hydrogens (tertiary/aromatic N) is 1. The first-order chi connectivity index (χ1) is 12.5. The molecule has 0 spiro atoms. The zero-order valence-electron chi connectivity index (χ0n) is 17.1. The van der Waals surface area contributed by atoms with E-state index in [2.05, 4.69) is 0 Å². The van der Waals surface area contributed by atoms with Crippen molar-refractivity contribution in [2.75, 3.05) is 20.2 Å². The predicted octanol–water partition coefficient (Wildman–Crippen LogP) is 2.09. The van der Waals surface area contributed by atoms with Crippen molar-refractivity contribution >= 4 is 22.6 Å². The molecule has 0 N–H and O–H groups in total. The number of rotatable bonds is 4. The summed E-state index contributed by atoms with van der Waals surface area (Å²) in [7, 11) is -2.55. The molecule has 150 valence electrons. The third kappa shape index (κ3) is 3.96. The van der Waals surface area contributed by atoms with Crippen LogP contribution < -0.4 is 5.46 Å². The second-order valence-electron chi connectivity index (χ2n) is 8.53. The lowest BCUT2D eigenvalue weighted by Gasteiger charge is -2.32. The fourth-order valence-electron chi connectivity index (χ4n) is 3.51. The van der Waals surface area contributed by atoms with E-state index in [0.717, 1.165) is 23.9 Å². The molecule has 1 aromatic carbocycles. The molecule has 2 saturated heterocycles. The van der Waals surface area contributed by atoms with Gasteiger partial charge in [-0.1, -0.05) is 11.6 Å². The van der Waals surface area contributed by atoms with Gasteiger partial charge in [-0.25, -0.2) is 8.42 Å². The highest BCUT2D eigenvalue weighted by Gasteiger charge is 2.52. The topological polar surface area (TPSA) is 65.1 Å². The third-order valence-electron chi connectivity index (χ3n) is 5.91. The molecule has 6 nitrogen and oxygen atoms in total. The van der Waals surface area contributed by atoms with Crippen LogP contribution in [-0.2, 0) is 24.1 Å². The molecule has 0 aliphatic carbocycles. The average Bonchev–Trinajstić information content (AvgIpc) is 2.82. The van der Waals surface area contributed by atoms with E-state index < -0.39 is 28.3 Å². The normalized spacial score (nSPS) is 25.7. The second kappa shape index (κ2) is 7.15. The Kier molecular flexibility index (Phi) is 5.51. The molecule has 2 fully saturated rings. The molecule has 8 heteroatoms. The standard InChI is InChI=1S/C19H30BNO5S/c1-14-10-15(20-25-18(2,3)19(4,5)26-20)12-17(11-14)27(22,23)21-9-7-8-16(13-21)24-6/h10-12,16H,7-9,13H2,1-6H3. The van der Waals surface area contributed by atoms with Crippen LogP contribution in [0.25, 0.3) is 0 Å². The van der Waals surface area contributed by atoms with Crippen molar-refractivity contribution in [3.05, 3.63) is 23.8 Å². The van der Waals surface area contributed by atoms with E-state index in [1.165, 1.54) is 4.31 Å². The van der Waals surface area contributed by atoms with Crippen molar-refractivity contribution in [1.82, 2.24) is 4.31 Å². The Hall–Kier alpha value is -0.925. The number of piperidine rings is 1. The van der Waals surface area contributed by atoms with E-state index >= 15 is 0 Å². The van der Waals surface area contributed by atoms with Crippen LogP contribution in [0.5, 0.6) is 0 Å². The van der Waals surface area contributed by atoms with Crippen LogP contribution in [0, 0.1) is 6.92 Å². The SMILES string of the molecule is COC1CCCN(S(=O)(=O)c2cc(C)cc(B3OC(C)(C)C(C)(C)O3)c2)C1. The van der Waals surface area contributed by atoms with Crippen molar-refractivity contribution in [3.63, 3.8) is 0 Å². The number of sulfonamides is 1. The highest BCUT2D eigenvalue weighted by atomic mass is 32.2. The smallest absolute Gasteiger partial charge is 0.399 e. The Morgan fingerprint density at radius 3 is 2.37 bits per heavy atom. The molecule has 0 bridgehead atoms. The summed E-state index contributed by atoms with van der Waals surface area (Å²) in [6.45, 7) is 10.7. The summed E-state index contributed by atoms with van der Waals surface area (Å²) in [5, 5.41) is 0. The lowest BCUT2D eigenvalue weighted by molar-refractivity contribution is 0.00578. The molecule has 1 unspecified atom stereocenters. The molecule has 0 radical (unpaired) electrons. The molecule has 2 aliphatic rings. The number of benzene rings is 1. The van der Waals surface area contributed by atoms with Crippen molar-refractivity contribution < 1.29 is 22.5 Å². The summed E-state index contributed by atoms with van der Waals surface area (Å²) < 4.78 is 45.5. The minimum Gasteiger partial charge on any atom is -0.399 e. The lowest BCUT2D eigenvalue weighted by atomic mass is 9.78. The van der Waals surface area contributed by atoms with E-state index in [4.69, 9.17) is 14.0 Å². The van der Waals surface area contributed by atoms with Gasteiger partial charge in [0, 0.05) is 20.2 Å². The molecule has 1 atom stereocenters. The Balaban J connectivity index is 1.92. The van der Waals surface area contributed by atoms with Crippen LogP contribution >= 0.6 is 0 Å². The predicted molar refractivity (Wildman–Crippen MR) is 106 cm³/mol. The van der Waals surface area contributed by atoms with Crippen LogP contribution in [0.4, 0.5) is 0 Å². The number of methoxy groups -OCH3 is 1. The third-order valence-corrected chi connectivity index (χ3v) is 7.75. The van der Waals surface area contributed by atoms with Gasteiger partial charge in [0.1, 0.15) is 0 Å². The van der Waals surface area contributed by atoms with Crippen LogP contribution in [-0.4, -0.2) is 57.3 Å². The van der Waals surface area contributed by atoms with Crippen molar-refractivity contribution in [2.45, 2.75) is 69.7 Å². The monoisotopic (exact) mass is 395 g/mol. The molecule has 0 saturated carbocycles. The molecule has 0 aromatic heterocycles. The number of hydrogen-bond acceptors (Lipinski definition) is 5. The van der Waals surface area contributed by atoms with Gasteiger partial charge in [-0.15, -0.1) is 0 Å². The van der Waals surface area contributed by atoms with E-state index in [0.29, 0.717) is 13.1 Å². The Labute approximate surface area is 163 Å². The molecule has 27 heavy (non-hydrogen) atoms. The largest absolute Gasteiger partial charge is 0.494 e. The van der Waals surface area contributed by atoms with Gasteiger partial charge in [0.15, 0.2) is 0 Å². The zero-order valence-corrected chi connectivity index (χ0v) is 17.9. The molecule has 2 aliphatic heterocycles. The maximum absolute atomic E-state index is 13.2. The number of hydrogen-bond donors (Lipinski definition) is 0. The number of ether oxygens (including phenoxy) is 1. The van der Waals surface area contributed by atoms with Crippen molar-refractivity contribution in [3.8, 4) is 0 Å². The van der Waals surface area contributed by atoms with Gasteiger partial charge in [-0.2, -0.15) is 4.31 Å². The molecule has 1 aromatic rings. The summed E-state index contributed by atoms with van der Waals surface area (Å²) in [5.41, 5.74) is 0.645. The summed E-state index contributed by atoms with van der Waals surface area (Å²) in [6.07, 6.45) is 1.63. The minimum absolute atomic E-state index is 0.0547. The Morgan fingerprint density at radius 2 is 1.78 bits per heavy atom. The van der Waals surface area contributed by atoms with Gasteiger partial charge < -0.3 is 14.0 Å². The van der Waals surface area contributed by atoms with Gasteiger partial charge >= 0.3 is 7.12 Å². The first kappa shape index (κ1) is 20.8. The lowest BCUT2D eigenvalue weighted by Crippen LogP contribution is -2.43. The molecule has 3 rings (SSSR count). The maximum Gasteiger partial charge on any atom is 0.494 e. The first-order valence-corrected chi connectivity index (χ1v) is 10.9. The van der Waals surface area contributed by atoms with Gasteiger partial charge in [0.25, 0.3) is 0 Å². The van der Waals surface area contributed by atoms with Crippen molar-refractivity contribution in [1.29, 1.82) is 0 Å². The Bertz CT molecular complexity index is 792. The molecule has 2 heterocycles. The Morgan fingerprint density at radius 1 is 1.15 bits per heavy atom. The first-order valence-electron chi connectivity index (χ1n) is 9.46. The van der Waals surface area contributed by atoms with Crippen LogP contribution in [0.15, 0.2) is 23.1 Å². The quantitative estimate of drug-likeness (QED) is 0.731. The molecular formula is C19H30BNO5S. The second-order valence-corrected chi connectivity index (χ2v) is 10.5. The molecule has 0 amide bonds. The fourth-order valence-corrected chi connectivity index (χ4v) is 5.16. The van der Waals surface area contributed by atoms with Crippen molar-refractivity contribution in [2.24, 2.45) is 0 Å². The fraction of sp³-hybridized carbons (Fsp3) is 0.684. The van der Waals surface area contributed by atoms with Gasteiger partial charge in [-0.3, -0.25) is 0 Å². The minimum atomic E-state index is -3.59. The average molecular weight is 395 g/mol. The van der Waals surface area contributed by atoms with Crippen LogP contribution in [0.1, 0.15) is 46.1 Å². The van der Waals surface area contributed by atoms with E-state index in [9.17, 15) is 8.42 Å². The highest BCUT2D eigenvalue weighted by molar-refractivity contribution is 7.89. The summed E-state index contributed by atoms with van der Waals surface area (Å²) >= 11 is 0.